The minimum absolute atomic E-state index is 0.0701. The van der Waals surface area contributed by atoms with Crippen LogP contribution in [0.1, 0.15) is 54.8 Å². The number of hydrogen-bond acceptors (Lipinski definition) is 12. The smallest absolute Gasteiger partial charge is 0.320 e. The van der Waals surface area contributed by atoms with E-state index in [2.05, 4.69) is 0 Å². The van der Waals surface area contributed by atoms with Crippen LogP contribution < -0.4 is 0 Å². The number of fused-ring (bicyclic) bond motifs is 1. The first-order valence-corrected chi connectivity index (χ1v) is 18.0. The van der Waals surface area contributed by atoms with Crippen LogP contribution in [0.4, 0.5) is 0 Å². The topological polar surface area (TPSA) is 137 Å². The third-order valence-corrected chi connectivity index (χ3v) is 10.5. The Bertz CT molecular complexity index is 1220. The average Bonchev–Trinajstić information content (AvgIpc) is 3.22. The van der Waals surface area contributed by atoms with Gasteiger partial charge < -0.3 is 18.8 Å². The van der Waals surface area contributed by atoms with E-state index < -0.39 is 13.0 Å². The zero-order valence-electron chi connectivity index (χ0n) is 27.7. The number of imide groups is 1. The molecule has 1 saturated heterocycles. The van der Waals surface area contributed by atoms with Crippen molar-refractivity contribution < 1.29 is 37.8 Å². The Morgan fingerprint density at radius 2 is 1.30 bits per heavy atom. The quantitative estimate of drug-likeness (QED) is 0.124. The fourth-order valence-corrected chi connectivity index (χ4v) is 7.98. The number of hydrogen-bond donors (Lipinski definition) is 0. The average molecular weight is 664 g/mol. The highest BCUT2D eigenvalue weighted by Gasteiger charge is 2.35. The Morgan fingerprint density at radius 3 is 1.76 bits per heavy atom. The van der Waals surface area contributed by atoms with Crippen LogP contribution in [0.15, 0.2) is 24.3 Å². The van der Waals surface area contributed by atoms with Crippen molar-refractivity contribution in [2.24, 2.45) is 0 Å². The highest BCUT2D eigenvalue weighted by Crippen LogP contribution is 2.48. The summed E-state index contributed by atoms with van der Waals surface area (Å²) in [7, 11) is -3.23. The van der Waals surface area contributed by atoms with E-state index in [0.29, 0.717) is 69.9 Å². The molecule has 14 heteroatoms. The summed E-state index contributed by atoms with van der Waals surface area (Å²) in [6, 6.07) is 6.72. The molecule has 2 amide bonds. The number of aldehydes is 2. The summed E-state index contributed by atoms with van der Waals surface area (Å²) in [4.78, 5) is 70.5. The van der Waals surface area contributed by atoms with Crippen LogP contribution in [0.3, 0.4) is 0 Å². The molecule has 1 unspecified atom stereocenters. The van der Waals surface area contributed by atoms with Crippen molar-refractivity contribution in [2.45, 2.75) is 39.7 Å². The van der Waals surface area contributed by atoms with Crippen LogP contribution >= 0.6 is 7.37 Å². The maximum atomic E-state index is 14.2. The van der Waals surface area contributed by atoms with Crippen molar-refractivity contribution in [1.29, 1.82) is 0 Å². The molecule has 46 heavy (non-hydrogen) atoms. The molecule has 3 rings (SSSR count). The predicted octanol–water partition coefficient (Wildman–Crippen LogP) is 1.91. The molecule has 13 nitrogen and oxygen atoms in total. The van der Waals surface area contributed by atoms with Gasteiger partial charge in [-0.3, -0.25) is 43.4 Å². The van der Waals surface area contributed by atoms with Gasteiger partial charge in [0.15, 0.2) is 0 Å². The third-order valence-electron chi connectivity index (χ3n) is 7.91. The Balaban J connectivity index is 1.73. The molecule has 1 aromatic carbocycles. The van der Waals surface area contributed by atoms with E-state index in [1.54, 1.807) is 31.2 Å². The molecule has 256 valence electrons. The van der Waals surface area contributed by atoms with Crippen LogP contribution in [0.2, 0.25) is 0 Å². The summed E-state index contributed by atoms with van der Waals surface area (Å²) in [5.74, 6) is -1.04. The minimum Gasteiger partial charge on any atom is -0.459 e. The van der Waals surface area contributed by atoms with E-state index in [4.69, 9.17) is 9.26 Å². The van der Waals surface area contributed by atoms with Crippen molar-refractivity contribution in [1.82, 2.24) is 24.5 Å². The van der Waals surface area contributed by atoms with Crippen molar-refractivity contribution in [2.75, 3.05) is 97.6 Å². The third kappa shape index (κ3) is 11.8. The Labute approximate surface area is 272 Å². The molecule has 0 radical (unpaired) electrons. The van der Waals surface area contributed by atoms with E-state index in [0.717, 1.165) is 12.6 Å². The number of esters is 1. The number of carbonyl (C=O) groups is 5. The van der Waals surface area contributed by atoms with Gasteiger partial charge in [-0.25, -0.2) is 0 Å². The summed E-state index contributed by atoms with van der Waals surface area (Å²) >= 11 is 0. The lowest BCUT2D eigenvalue weighted by molar-refractivity contribution is -0.156. The monoisotopic (exact) mass is 663 g/mol. The van der Waals surface area contributed by atoms with E-state index >= 15 is 0 Å². The number of rotatable bonds is 14. The summed E-state index contributed by atoms with van der Waals surface area (Å²) in [5.41, 5.74) is 0.133. The van der Waals surface area contributed by atoms with Gasteiger partial charge in [0, 0.05) is 65.1 Å². The fraction of sp³-hybridized carbons (Fsp3) is 0.656. The summed E-state index contributed by atoms with van der Waals surface area (Å²) in [5, 5.41) is 0. The van der Waals surface area contributed by atoms with Crippen molar-refractivity contribution >= 4 is 37.7 Å². The lowest BCUT2D eigenvalue weighted by atomic mass is 10.1. The lowest BCUT2D eigenvalue weighted by Crippen LogP contribution is -2.48. The molecule has 0 aromatic heterocycles. The predicted molar refractivity (Wildman–Crippen MR) is 174 cm³/mol. The Kier molecular flexibility index (Phi) is 14.7. The van der Waals surface area contributed by atoms with Crippen molar-refractivity contribution in [3.63, 3.8) is 0 Å². The lowest BCUT2D eigenvalue weighted by Gasteiger charge is -2.34. The molecule has 2 heterocycles. The van der Waals surface area contributed by atoms with Gasteiger partial charge in [0.05, 0.1) is 43.7 Å². The van der Waals surface area contributed by atoms with Gasteiger partial charge >= 0.3 is 5.97 Å². The fourth-order valence-electron chi connectivity index (χ4n) is 5.64. The number of amides is 2. The van der Waals surface area contributed by atoms with E-state index in [-0.39, 0.29) is 63.0 Å². The van der Waals surface area contributed by atoms with Crippen LogP contribution in [0, 0.1) is 0 Å². The molecule has 0 bridgehead atoms. The molecular formula is C32H50N5O8P. The van der Waals surface area contributed by atoms with E-state index in [9.17, 15) is 28.5 Å². The second-order valence-corrected chi connectivity index (χ2v) is 15.3. The molecule has 0 saturated carbocycles. The van der Waals surface area contributed by atoms with Crippen LogP contribution in [-0.2, 0) is 28.2 Å². The van der Waals surface area contributed by atoms with Gasteiger partial charge in [-0.15, -0.1) is 0 Å². The number of carbonyl (C=O) groups excluding carboxylic acids is 5. The van der Waals surface area contributed by atoms with Gasteiger partial charge in [-0.1, -0.05) is 12.1 Å². The maximum Gasteiger partial charge on any atom is 0.320 e. The molecule has 1 fully saturated rings. The largest absolute Gasteiger partial charge is 0.459 e. The molecule has 1 aromatic rings. The van der Waals surface area contributed by atoms with Crippen molar-refractivity contribution in [3.8, 4) is 0 Å². The highest BCUT2D eigenvalue weighted by molar-refractivity contribution is 7.58. The minimum atomic E-state index is -3.23. The number of nitrogens with zero attached hydrogens (tertiary/aromatic N) is 5. The molecule has 0 N–H and O–H groups in total. The zero-order chi connectivity index (χ0) is 33.7. The standard InChI is InChI=1S/C32H50N5O8P/c1-5-44-46(43,24-8-11-37-30(41)27-9-6-7-10-28(27)31(37)42)26-36-18-15-34(21-23-39)13-12-33(20-22-38)14-16-35(17-19-36)25-29(40)45-32(2,3)4/h6-7,9-10,22-23H,5,8,11-21,24-26H2,1-4H3. The van der Waals surface area contributed by atoms with Gasteiger partial charge in [-0.2, -0.15) is 0 Å². The summed E-state index contributed by atoms with van der Waals surface area (Å²) in [6.45, 7) is 12.3. The Hall–Kier alpha value is -2.80. The zero-order valence-corrected chi connectivity index (χ0v) is 28.6. The van der Waals surface area contributed by atoms with Gasteiger partial charge in [-0.05, 0) is 46.2 Å². The first-order chi connectivity index (χ1) is 21.9. The van der Waals surface area contributed by atoms with Gasteiger partial charge in [0.2, 0.25) is 7.37 Å². The van der Waals surface area contributed by atoms with E-state index in [1.165, 1.54) is 4.90 Å². The maximum absolute atomic E-state index is 14.2. The first kappa shape index (κ1) is 37.7. The van der Waals surface area contributed by atoms with Gasteiger partial charge in [0.1, 0.15) is 18.2 Å². The van der Waals surface area contributed by atoms with Crippen LogP contribution in [0.25, 0.3) is 0 Å². The molecule has 2 aliphatic rings. The normalized spacial score (nSPS) is 19.6. The summed E-state index contributed by atoms with van der Waals surface area (Å²) < 4.78 is 25.6. The van der Waals surface area contributed by atoms with Gasteiger partial charge in [0.25, 0.3) is 11.8 Å². The number of benzene rings is 1. The first-order valence-electron chi connectivity index (χ1n) is 16.0. The van der Waals surface area contributed by atoms with Crippen LogP contribution in [0.5, 0.6) is 0 Å². The van der Waals surface area contributed by atoms with Crippen molar-refractivity contribution in [3.05, 3.63) is 35.4 Å². The second kappa shape index (κ2) is 17.9. The number of ether oxygens (including phenoxy) is 1. The molecule has 1 atom stereocenters. The molecule has 2 aliphatic heterocycles. The molecule has 0 spiro atoms. The highest BCUT2D eigenvalue weighted by atomic mass is 31.2. The van der Waals surface area contributed by atoms with E-state index in [1.807, 2.05) is 40.4 Å². The SMILES string of the molecule is CCOP(=O)(CCCN1C(=O)c2ccccc2C1=O)CN1CCN(CC=O)CCN(CC=O)CCN(CC(=O)OC(C)(C)C)CC1. The Morgan fingerprint density at radius 1 is 0.826 bits per heavy atom. The molecular weight excluding hydrogens is 613 g/mol. The second-order valence-electron chi connectivity index (χ2n) is 12.7. The summed E-state index contributed by atoms with van der Waals surface area (Å²) in [6.07, 6.45) is 2.37. The van der Waals surface area contributed by atoms with Crippen LogP contribution in [-0.4, -0.2) is 158 Å². The molecule has 0 aliphatic carbocycles.